The number of nitrogens with zero attached hydrogens (tertiary/aromatic N) is 2. The number of ether oxygens (including phenoxy) is 1. The summed E-state index contributed by atoms with van der Waals surface area (Å²) >= 11 is 0. The van der Waals surface area contributed by atoms with Crippen LogP contribution in [0.2, 0.25) is 0 Å². The van der Waals surface area contributed by atoms with Crippen LogP contribution in [0.25, 0.3) is 11.1 Å². The van der Waals surface area contributed by atoms with Crippen LogP contribution in [0.1, 0.15) is 30.8 Å². The molecule has 2 aromatic rings. The average Bonchev–Trinajstić information content (AvgIpc) is 2.70. The molecule has 1 fully saturated rings. The van der Waals surface area contributed by atoms with Crippen molar-refractivity contribution in [2.45, 2.75) is 46.5 Å². The molecule has 0 spiro atoms. The van der Waals surface area contributed by atoms with Crippen LogP contribution in [-0.2, 0) is 16.1 Å². The first-order valence-corrected chi connectivity index (χ1v) is 10.4. The summed E-state index contributed by atoms with van der Waals surface area (Å²) in [6, 6.07) is 6.37. The Hall–Kier alpha value is -2.68. The minimum Gasteiger partial charge on any atom is -0.366 e. The van der Waals surface area contributed by atoms with E-state index in [0.29, 0.717) is 33.8 Å². The lowest BCUT2D eigenvalue weighted by atomic mass is 9.97. The topological polar surface area (TPSA) is 54.5 Å². The summed E-state index contributed by atoms with van der Waals surface area (Å²) < 4.78 is 59.7. The van der Waals surface area contributed by atoms with Crippen LogP contribution in [0.4, 0.5) is 23.2 Å². The Bertz CT molecular complexity index is 972. The van der Waals surface area contributed by atoms with Gasteiger partial charge in [0.15, 0.2) is 6.10 Å². The second-order valence-electron chi connectivity index (χ2n) is 8.32. The molecule has 1 atom stereocenters. The molecule has 0 radical (unpaired) electrons. The molecular formula is C23H27F4N3O2. The highest BCUT2D eigenvalue weighted by Gasteiger charge is 2.43. The predicted octanol–water partition coefficient (Wildman–Crippen LogP) is 4.54. The van der Waals surface area contributed by atoms with E-state index in [9.17, 15) is 18.0 Å². The van der Waals surface area contributed by atoms with Crippen LogP contribution in [0.3, 0.4) is 0 Å². The van der Waals surface area contributed by atoms with E-state index in [1.54, 1.807) is 45.9 Å². The third-order valence-corrected chi connectivity index (χ3v) is 5.30. The molecular weight excluding hydrogens is 426 g/mol. The first-order valence-electron chi connectivity index (χ1n) is 10.4. The van der Waals surface area contributed by atoms with Crippen molar-refractivity contribution in [3.63, 3.8) is 0 Å². The van der Waals surface area contributed by atoms with E-state index in [1.807, 2.05) is 0 Å². The normalized spacial score (nSPS) is 17.0. The van der Waals surface area contributed by atoms with Crippen LogP contribution >= 0.6 is 0 Å². The maximum Gasteiger partial charge on any atom is 0.416 e. The lowest BCUT2D eigenvalue weighted by Crippen LogP contribution is -2.49. The summed E-state index contributed by atoms with van der Waals surface area (Å²) in [7, 11) is 0. The molecule has 1 aliphatic rings. The number of pyridine rings is 1. The third-order valence-electron chi connectivity index (χ3n) is 5.30. The Balaban J connectivity index is 2.03. The molecule has 0 aliphatic carbocycles. The van der Waals surface area contributed by atoms with Gasteiger partial charge >= 0.3 is 6.18 Å². The van der Waals surface area contributed by atoms with Crippen molar-refractivity contribution in [3.8, 4) is 11.1 Å². The van der Waals surface area contributed by atoms with Crippen molar-refractivity contribution >= 4 is 11.6 Å². The van der Waals surface area contributed by atoms with Gasteiger partial charge in [0.25, 0.3) is 0 Å². The number of alkyl halides is 3. The number of amides is 1. The van der Waals surface area contributed by atoms with E-state index in [4.69, 9.17) is 4.74 Å². The second kappa shape index (κ2) is 9.44. The van der Waals surface area contributed by atoms with E-state index in [-0.39, 0.29) is 31.5 Å². The molecule has 1 aliphatic heterocycles. The molecule has 0 unspecified atom stereocenters. The van der Waals surface area contributed by atoms with Crippen molar-refractivity contribution in [1.29, 1.82) is 0 Å². The fraction of sp³-hybridized carbons (Fsp3) is 0.478. The number of carbonyl (C=O) groups is 1. The van der Waals surface area contributed by atoms with Gasteiger partial charge in [-0.15, -0.1) is 0 Å². The van der Waals surface area contributed by atoms with Crippen LogP contribution in [0.15, 0.2) is 24.3 Å². The quantitative estimate of drug-likeness (QED) is 0.676. The zero-order valence-electron chi connectivity index (χ0n) is 18.5. The predicted molar refractivity (Wildman–Crippen MR) is 114 cm³/mol. The minimum absolute atomic E-state index is 0.0462. The fourth-order valence-electron chi connectivity index (χ4n) is 3.74. The van der Waals surface area contributed by atoms with Gasteiger partial charge in [0.2, 0.25) is 5.91 Å². The van der Waals surface area contributed by atoms with Crippen molar-refractivity contribution in [3.05, 3.63) is 47.0 Å². The van der Waals surface area contributed by atoms with E-state index in [0.717, 1.165) is 0 Å². The number of benzene rings is 1. The number of nitrogens with one attached hydrogen (secondary N) is 1. The van der Waals surface area contributed by atoms with Crippen LogP contribution in [-0.4, -0.2) is 42.9 Å². The molecule has 1 amide bonds. The molecule has 0 saturated carbocycles. The average molecular weight is 453 g/mol. The number of aryl methyl sites for hydroxylation is 2. The molecule has 1 aromatic carbocycles. The molecule has 2 heterocycles. The molecule has 5 nitrogen and oxygen atoms in total. The van der Waals surface area contributed by atoms with Crippen molar-refractivity contribution in [1.82, 2.24) is 10.3 Å². The molecule has 1 aromatic heterocycles. The van der Waals surface area contributed by atoms with Crippen LogP contribution in [0.5, 0.6) is 0 Å². The summed E-state index contributed by atoms with van der Waals surface area (Å²) in [5, 5.41) is 2.78. The van der Waals surface area contributed by atoms with E-state index >= 15 is 4.39 Å². The maximum absolute atomic E-state index is 15.4. The van der Waals surface area contributed by atoms with Crippen molar-refractivity contribution in [2.24, 2.45) is 5.92 Å². The standard InChI is InChI=1S/C23H27F4N3O2/c1-13(2)22(31)28-11-17-9-18(30-5-6-32-20(12-30)23(25,26)27)10-19(24)21(17)16-7-14(3)29-15(4)8-16/h7-10,13,20H,5-6,11-12H2,1-4H3,(H,28,31)/t20-/m0/s1. The zero-order chi connectivity index (χ0) is 23.6. The van der Waals surface area contributed by atoms with Gasteiger partial charge in [0, 0.05) is 41.6 Å². The lowest BCUT2D eigenvalue weighted by molar-refractivity contribution is -0.221. The van der Waals surface area contributed by atoms with Crippen LogP contribution < -0.4 is 10.2 Å². The Kier molecular flexibility index (Phi) is 7.07. The summed E-state index contributed by atoms with van der Waals surface area (Å²) in [5.41, 5.74) is 3.12. The number of aromatic nitrogens is 1. The third kappa shape index (κ3) is 5.56. The number of hydrogen-bond donors (Lipinski definition) is 1. The number of halogens is 4. The first kappa shape index (κ1) is 24.0. The highest BCUT2D eigenvalue weighted by molar-refractivity contribution is 5.79. The van der Waals surface area contributed by atoms with Gasteiger partial charge in [-0.2, -0.15) is 13.2 Å². The molecule has 0 bridgehead atoms. The minimum atomic E-state index is -4.50. The number of carbonyl (C=O) groups excluding carboxylic acids is 1. The van der Waals surface area contributed by atoms with Gasteiger partial charge in [-0.05, 0) is 49.2 Å². The molecule has 1 N–H and O–H groups in total. The summed E-state index contributed by atoms with van der Waals surface area (Å²) in [6.45, 7) is 6.80. The maximum atomic E-state index is 15.4. The Morgan fingerprint density at radius 2 is 1.88 bits per heavy atom. The van der Waals surface area contributed by atoms with E-state index in [1.165, 1.54) is 11.0 Å². The van der Waals surface area contributed by atoms with Crippen molar-refractivity contribution < 1.29 is 27.1 Å². The number of morpholine rings is 1. The molecule has 3 rings (SSSR count). The Morgan fingerprint density at radius 3 is 2.47 bits per heavy atom. The van der Waals surface area contributed by atoms with Crippen LogP contribution in [0, 0.1) is 25.6 Å². The van der Waals surface area contributed by atoms with Gasteiger partial charge < -0.3 is 15.0 Å². The molecule has 1 saturated heterocycles. The second-order valence-corrected chi connectivity index (χ2v) is 8.32. The number of hydrogen-bond acceptors (Lipinski definition) is 4. The zero-order valence-corrected chi connectivity index (χ0v) is 18.5. The fourth-order valence-corrected chi connectivity index (χ4v) is 3.74. The van der Waals surface area contributed by atoms with Gasteiger partial charge in [-0.3, -0.25) is 9.78 Å². The largest absolute Gasteiger partial charge is 0.416 e. The van der Waals surface area contributed by atoms with Crippen molar-refractivity contribution in [2.75, 3.05) is 24.6 Å². The van der Waals surface area contributed by atoms with E-state index < -0.39 is 24.6 Å². The monoisotopic (exact) mass is 453 g/mol. The number of rotatable bonds is 5. The van der Waals surface area contributed by atoms with Gasteiger partial charge in [-0.25, -0.2) is 4.39 Å². The molecule has 174 valence electrons. The SMILES string of the molecule is Cc1cc(-c2c(F)cc(N3CCO[C@H](C(F)(F)F)C3)cc2CNC(=O)C(C)C)cc(C)n1. The number of anilines is 1. The Labute approximate surface area is 184 Å². The first-order chi connectivity index (χ1) is 15.0. The van der Waals surface area contributed by atoms with E-state index in [2.05, 4.69) is 10.3 Å². The Morgan fingerprint density at radius 1 is 1.22 bits per heavy atom. The smallest absolute Gasteiger partial charge is 0.366 e. The molecule has 9 heteroatoms. The van der Waals surface area contributed by atoms with Gasteiger partial charge in [0.1, 0.15) is 5.82 Å². The highest BCUT2D eigenvalue weighted by atomic mass is 19.4. The highest BCUT2D eigenvalue weighted by Crippen LogP contribution is 2.34. The lowest BCUT2D eigenvalue weighted by Gasteiger charge is -2.35. The summed E-state index contributed by atoms with van der Waals surface area (Å²) in [6.07, 6.45) is -6.44. The van der Waals surface area contributed by atoms with Gasteiger partial charge in [0.05, 0.1) is 13.2 Å². The molecule has 32 heavy (non-hydrogen) atoms. The summed E-state index contributed by atoms with van der Waals surface area (Å²) in [4.78, 5) is 17.9. The summed E-state index contributed by atoms with van der Waals surface area (Å²) in [5.74, 6) is -1.03. The van der Waals surface area contributed by atoms with Gasteiger partial charge in [-0.1, -0.05) is 13.8 Å².